The largest absolute Gasteiger partial charge is 0.472 e. The van der Waals surface area contributed by atoms with Crippen LogP contribution in [0.25, 0.3) is 0 Å². The van der Waals surface area contributed by atoms with Crippen molar-refractivity contribution in [2.24, 2.45) is 17.8 Å². The summed E-state index contributed by atoms with van der Waals surface area (Å²) in [5.74, 6) is 0.157. The number of carbonyl (C=O) groups is 4. The molecule has 0 saturated carbocycles. The second-order valence-corrected chi connectivity index (χ2v) is 30.7. The van der Waals surface area contributed by atoms with E-state index in [1.54, 1.807) is 0 Å². The van der Waals surface area contributed by atoms with Crippen LogP contribution in [0.15, 0.2) is 0 Å². The predicted octanol–water partition coefficient (Wildman–Crippen LogP) is 21.0. The summed E-state index contributed by atoms with van der Waals surface area (Å²) in [6.07, 6.45) is 48.7. The zero-order valence-electron chi connectivity index (χ0n) is 60.0. The molecule has 0 heterocycles. The van der Waals surface area contributed by atoms with E-state index in [0.29, 0.717) is 31.6 Å². The van der Waals surface area contributed by atoms with Crippen LogP contribution < -0.4 is 0 Å². The third kappa shape index (κ3) is 66.7. The van der Waals surface area contributed by atoms with E-state index in [-0.39, 0.29) is 25.7 Å². The Morgan fingerprint density at radius 3 is 0.739 bits per heavy atom. The molecular formula is C73H142O17P2. The Morgan fingerprint density at radius 2 is 0.500 bits per heavy atom. The lowest BCUT2D eigenvalue weighted by molar-refractivity contribution is -0.161. The summed E-state index contributed by atoms with van der Waals surface area (Å²) in [6.45, 7) is 11.8. The number of carbonyl (C=O) groups excluding carboxylic acids is 4. The topological polar surface area (TPSA) is 237 Å². The smallest absolute Gasteiger partial charge is 0.462 e. The van der Waals surface area contributed by atoms with Gasteiger partial charge >= 0.3 is 39.5 Å². The van der Waals surface area contributed by atoms with Crippen molar-refractivity contribution < 1.29 is 80.2 Å². The SMILES string of the molecule is CCCCCCCCCCCC(=O)OC[C@H](COP(=O)(O)OC[C@H](O)COP(=O)(O)OC[C@@H](COC(=O)CCCCCCCCCCCCCCCC(C)C)OC(=O)CCCCCCCCCCCCCCCCC(C)C)OC(=O)CCCCCCCCCC(C)C. The Balaban J connectivity index is 5.22. The highest BCUT2D eigenvalue weighted by molar-refractivity contribution is 7.47. The molecule has 0 saturated heterocycles. The van der Waals surface area contributed by atoms with Gasteiger partial charge in [0.25, 0.3) is 0 Å². The molecule has 19 heteroatoms. The number of aliphatic hydroxyl groups excluding tert-OH is 1. The van der Waals surface area contributed by atoms with Gasteiger partial charge in [0.2, 0.25) is 0 Å². The van der Waals surface area contributed by atoms with Gasteiger partial charge in [-0.15, -0.1) is 0 Å². The number of unbranched alkanes of at least 4 members (excludes halogenated alkanes) is 39. The van der Waals surface area contributed by atoms with Crippen molar-refractivity contribution >= 4 is 39.5 Å². The van der Waals surface area contributed by atoms with E-state index in [1.165, 1.54) is 180 Å². The lowest BCUT2D eigenvalue weighted by atomic mass is 10.0. The average Bonchev–Trinajstić information content (AvgIpc) is 2.38. The summed E-state index contributed by atoms with van der Waals surface area (Å²) in [7, 11) is -9.90. The number of aliphatic hydroxyl groups is 1. The van der Waals surface area contributed by atoms with Crippen LogP contribution >= 0.6 is 15.6 Å². The fourth-order valence-corrected chi connectivity index (χ4v) is 12.7. The molecule has 0 fully saturated rings. The van der Waals surface area contributed by atoms with E-state index >= 15 is 0 Å². The molecule has 0 rings (SSSR count). The molecule has 0 aromatic rings. The van der Waals surface area contributed by atoms with Crippen LogP contribution in [0.5, 0.6) is 0 Å². The van der Waals surface area contributed by atoms with Crippen molar-refractivity contribution in [1.82, 2.24) is 0 Å². The van der Waals surface area contributed by atoms with E-state index in [9.17, 15) is 43.2 Å². The van der Waals surface area contributed by atoms with Gasteiger partial charge in [0.15, 0.2) is 12.2 Å². The van der Waals surface area contributed by atoms with Crippen molar-refractivity contribution in [3.63, 3.8) is 0 Å². The van der Waals surface area contributed by atoms with Gasteiger partial charge in [0.1, 0.15) is 19.3 Å². The minimum Gasteiger partial charge on any atom is -0.462 e. The first-order chi connectivity index (χ1) is 44.2. The Labute approximate surface area is 562 Å². The standard InChI is InChI=1S/C73H142O17P2/c1-8-9-10-11-12-24-33-40-47-54-70(75)83-61-69(90-73(78)57-50-43-36-29-32-39-46-53-66(6)7)63-88-92(81,82)86-59-67(74)58-85-91(79,80)87-62-68(60-84-71(76)55-48-41-34-27-22-19-15-17-21-26-31-38-45-52-65(4)5)89-72(77)56-49-42-35-28-23-18-14-13-16-20-25-30-37-44-51-64(2)3/h64-69,74H,8-63H2,1-7H3,(H,79,80)(H,81,82)/t67-,68-,69-/m1/s1. The number of hydrogen-bond acceptors (Lipinski definition) is 15. The van der Waals surface area contributed by atoms with E-state index in [4.69, 9.17) is 37.0 Å². The van der Waals surface area contributed by atoms with Gasteiger partial charge in [0, 0.05) is 25.7 Å². The van der Waals surface area contributed by atoms with Gasteiger partial charge in [-0.25, -0.2) is 9.13 Å². The van der Waals surface area contributed by atoms with Crippen molar-refractivity contribution in [3.05, 3.63) is 0 Å². The monoisotopic (exact) mass is 1350 g/mol. The third-order valence-electron chi connectivity index (χ3n) is 16.9. The van der Waals surface area contributed by atoms with E-state index in [2.05, 4.69) is 48.5 Å². The summed E-state index contributed by atoms with van der Waals surface area (Å²) >= 11 is 0. The van der Waals surface area contributed by atoms with Crippen LogP contribution in [0.2, 0.25) is 0 Å². The lowest BCUT2D eigenvalue weighted by Crippen LogP contribution is -2.30. The first-order valence-corrected chi connectivity index (χ1v) is 40.8. The predicted molar refractivity (Wildman–Crippen MR) is 372 cm³/mol. The fourth-order valence-electron chi connectivity index (χ4n) is 11.1. The third-order valence-corrected chi connectivity index (χ3v) is 18.8. The van der Waals surface area contributed by atoms with Crippen molar-refractivity contribution in [2.75, 3.05) is 39.6 Å². The molecule has 0 amide bonds. The maximum absolute atomic E-state index is 13.1. The molecule has 0 bridgehead atoms. The molecule has 0 aliphatic heterocycles. The normalized spacial score (nSPS) is 14.1. The number of phosphoric ester groups is 2. The maximum atomic E-state index is 13.1. The molecule has 5 atom stereocenters. The molecule has 2 unspecified atom stereocenters. The minimum atomic E-state index is -4.96. The second kappa shape index (κ2) is 63.8. The average molecular weight is 1350 g/mol. The molecule has 0 aliphatic carbocycles. The molecule has 3 N–H and O–H groups in total. The fraction of sp³-hybridized carbons (Fsp3) is 0.945. The van der Waals surface area contributed by atoms with Crippen molar-refractivity contribution in [2.45, 2.75) is 388 Å². The summed E-state index contributed by atoms with van der Waals surface area (Å²) in [6, 6.07) is 0. The van der Waals surface area contributed by atoms with Crippen LogP contribution in [0.3, 0.4) is 0 Å². The number of rotatable bonds is 71. The van der Waals surface area contributed by atoms with Crippen molar-refractivity contribution in [3.8, 4) is 0 Å². The Kier molecular flexibility index (Phi) is 62.4. The molecule has 0 aliphatic rings. The summed E-state index contributed by atoms with van der Waals surface area (Å²) in [4.78, 5) is 72.6. The van der Waals surface area contributed by atoms with E-state index < -0.39 is 97.5 Å². The van der Waals surface area contributed by atoms with Gasteiger partial charge in [-0.1, -0.05) is 318 Å². The van der Waals surface area contributed by atoms with Gasteiger partial charge in [-0.2, -0.15) is 0 Å². The maximum Gasteiger partial charge on any atom is 0.472 e. The van der Waals surface area contributed by atoms with Crippen LogP contribution in [-0.2, 0) is 65.4 Å². The van der Waals surface area contributed by atoms with Gasteiger partial charge < -0.3 is 33.8 Å². The summed E-state index contributed by atoms with van der Waals surface area (Å²) < 4.78 is 68.3. The molecule has 17 nitrogen and oxygen atoms in total. The van der Waals surface area contributed by atoms with Crippen LogP contribution in [0.4, 0.5) is 0 Å². The van der Waals surface area contributed by atoms with Crippen LogP contribution in [0.1, 0.15) is 370 Å². The number of ether oxygens (including phenoxy) is 4. The highest BCUT2D eigenvalue weighted by Crippen LogP contribution is 2.45. The van der Waals surface area contributed by atoms with Gasteiger partial charge in [-0.05, 0) is 43.4 Å². The van der Waals surface area contributed by atoms with Crippen LogP contribution in [-0.4, -0.2) is 96.7 Å². The Bertz CT molecular complexity index is 1800. The highest BCUT2D eigenvalue weighted by atomic mass is 31.2. The number of phosphoric acid groups is 2. The van der Waals surface area contributed by atoms with Gasteiger partial charge in [0.05, 0.1) is 26.4 Å². The second-order valence-electron chi connectivity index (χ2n) is 27.8. The number of hydrogen-bond donors (Lipinski definition) is 3. The number of esters is 4. The molecule has 546 valence electrons. The zero-order chi connectivity index (χ0) is 68.0. The first kappa shape index (κ1) is 90.1. The first-order valence-electron chi connectivity index (χ1n) is 37.8. The molecule has 0 radical (unpaired) electrons. The highest BCUT2D eigenvalue weighted by Gasteiger charge is 2.30. The molecular weight excluding hydrogens is 1210 g/mol. The molecule has 92 heavy (non-hydrogen) atoms. The molecule has 0 aromatic carbocycles. The zero-order valence-corrected chi connectivity index (χ0v) is 61.8. The lowest BCUT2D eigenvalue weighted by Gasteiger charge is -2.21. The van der Waals surface area contributed by atoms with E-state index in [0.717, 1.165) is 102 Å². The minimum absolute atomic E-state index is 0.103. The Hall–Kier alpha value is -1.94. The molecule has 0 aromatic heterocycles. The van der Waals surface area contributed by atoms with E-state index in [1.807, 2.05) is 0 Å². The summed E-state index contributed by atoms with van der Waals surface area (Å²) in [5.41, 5.74) is 0. The molecule has 0 spiro atoms. The van der Waals surface area contributed by atoms with Gasteiger partial charge in [-0.3, -0.25) is 37.3 Å². The Morgan fingerprint density at radius 1 is 0.293 bits per heavy atom. The van der Waals surface area contributed by atoms with Crippen molar-refractivity contribution in [1.29, 1.82) is 0 Å². The summed E-state index contributed by atoms with van der Waals surface area (Å²) in [5, 5.41) is 10.6. The van der Waals surface area contributed by atoms with Crippen LogP contribution in [0, 0.1) is 17.8 Å². The quantitative estimate of drug-likeness (QED) is 0.0222.